The topological polar surface area (TPSA) is 89.6 Å². The Kier molecular flexibility index (Phi) is 3.87. The largest absolute Gasteiger partial charge is 0.465 e. The molecule has 4 rings (SSSR count). The van der Waals surface area contributed by atoms with E-state index < -0.39 is 23.1 Å². The number of nitrogens with zero attached hydrogens (tertiary/aromatic N) is 2. The van der Waals surface area contributed by atoms with Crippen molar-refractivity contribution in [3.05, 3.63) is 59.4 Å². The quantitative estimate of drug-likeness (QED) is 0.867. The third kappa shape index (κ3) is 2.90. The van der Waals surface area contributed by atoms with Crippen molar-refractivity contribution in [3.8, 4) is 0 Å². The number of nitrogens with two attached hydrogens (primary N) is 1. The van der Waals surface area contributed by atoms with Gasteiger partial charge in [-0.25, -0.2) is 18.8 Å². The van der Waals surface area contributed by atoms with Crippen molar-refractivity contribution in [2.24, 2.45) is 16.1 Å². The summed E-state index contributed by atoms with van der Waals surface area (Å²) < 4.78 is 33.0. The number of carbonyl (C=O) groups excluding carboxylic acids is 1. The van der Waals surface area contributed by atoms with Crippen LogP contribution in [0.25, 0.3) is 0 Å². The van der Waals surface area contributed by atoms with Gasteiger partial charge < -0.3 is 15.8 Å². The second-order valence-corrected chi connectivity index (χ2v) is 7.10. The lowest BCUT2D eigenvalue weighted by molar-refractivity contribution is 0.102. The van der Waals surface area contributed by atoms with E-state index in [0.717, 1.165) is 25.1 Å². The fourth-order valence-electron chi connectivity index (χ4n) is 3.53. The van der Waals surface area contributed by atoms with Gasteiger partial charge in [0, 0.05) is 16.7 Å². The maximum absolute atomic E-state index is 14.7. The summed E-state index contributed by atoms with van der Waals surface area (Å²) in [5.41, 5.74) is 5.36. The molecule has 0 saturated heterocycles. The van der Waals surface area contributed by atoms with E-state index in [0.29, 0.717) is 17.9 Å². The summed E-state index contributed by atoms with van der Waals surface area (Å²) in [6.45, 7) is 2.22. The molecule has 2 aromatic rings. The number of benzene rings is 1. The van der Waals surface area contributed by atoms with Gasteiger partial charge in [-0.1, -0.05) is 0 Å². The maximum Gasteiger partial charge on any atom is 0.282 e. The van der Waals surface area contributed by atoms with E-state index in [1.54, 1.807) is 6.07 Å². The Bertz CT molecular complexity index is 941. The van der Waals surface area contributed by atoms with Crippen molar-refractivity contribution in [2.75, 3.05) is 11.9 Å². The lowest BCUT2D eigenvalue weighted by Gasteiger charge is -2.38. The summed E-state index contributed by atoms with van der Waals surface area (Å²) in [5, 5.41) is 2.66. The molecule has 1 aromatic heterocycles. The zero-order valence-electron chi connectivity index (χ0n) is 14.6. The fraction of sp³-hybridized carbons (Fsp3) is 0.316. The standard InChI is InChI=1S/C19H18F2N4O2/c1-18(19(6-7-19)10-27-17(22)25-18)13-8-12(3-4-14(13)21)24-16(26)15-5-2-11(20)9-23-15/h2-5,8-9H,6-7,10H2,1H3,(H2,22,25)(H,24,26)/t18-/m1/s1. The van der Waals surface area contributed by atoms with Crippen molar-refractivity contribution in [1.82, 2.24) is 4.98 Å². The molecule has 0 bridgehead atoms. The summed E-state index contributed by atoms with van der Waals surface area (Å²) in [5.74, 6) is -1.48. The Morgan fingerprint density at radius 1 is 1.26 bits per heavy atom. The minimum Gasteiger partial charge on any atom is -0.465 e. The Morgan fingerprint density at radius 3 is 2.70 bits per heavy atom. The second-order valence-electron chi connectivity index (χ2n) is 7.10. The molecule has 0 unspecified atom stereocenters. The van der Waals surface area contributed by atoms with Gasteiger partial charge in [-0.3, -0.25) is 4.79 Å². The highest BCUT2D eigenvalue weighted by atomic mass is 19.1. The van der Waals surface area contributed by atoms with Gasteiger partial charge in [0.15, 0.2) is 0 Å². The number of ether oxygens (including phenoxy) is 1. The van der Waals surface area contributed by atoms with Crippen LogP contribution < -0.4 is 11.1 Å². The molecule has 3 N–H and O–H groups in total. The number of aromatic nitrogens is 1. The van der Waals surface area contributed by atoms with E-state index >= 15 is 0 Å². The van der Waals surface area contributed by atoms with Gasteiger partial charge >= 0.3 is 0 Å². The van der Waals surface area contributed by atoms with E-state index in [1.165, 1.54) is 18.2 Å². The van der Waals surface area contributed by atoms with Crippen molar-refractivity contribution in [1.29, 1.82) is 0 Å². The van der Waals surface area contributed by atoms with Crippen molar-refractivity contribution in [2.45, 2.75) is 25.3 Å². The van der Waals surface area contributed by atoms with Gasteiger partial charge in [0.1, 0.15) is 22.9 Å². The Morgan fingerprint density at radius 2 is 2.04 bits per heavy atom. The van der Waals surface area contributed by atoms with Gasteiger partial charge in [-0.15, -0.1) is 0 Å². The van der Waals surface area contributed by atoms with E-state index in [9.17, 15) is 13.6 Å². The van der Waals surface area contributed by atoms with Gasteiger partial charge in [0.2, 0.25) is 0 Å². The van der Waals surface area contributed by atoms with Crippen LogP contribution in [0.5, 0.6) is 0 Å². The highest BCUT2D eigenvalue weighted by Gasteiger charge is 2.61. The number of nitrogens with one attached hydrogen (secondary N) is 1. The molecule has 1 amide bonds. The molecule has 1 aromatic carbocycles. The molecular weight excluding hydrogens is 354 g/mol. The first-order chi connectivity index (χ1) is 12.8. The maximum atomic E-state index is 14.7. The number of amides is 1. The van der Waals surface area contributed by atoms with Crippen LogP contribution in [0.1, 0.15) is 35.8 Å². The molecule has 0 radical (unpaired) electrons. The van der Waals surface area contributed by atoms with E-state index in [2.05, 4.69) is 15.3 Å². The van der Waals surface area contributed by atoms with Crippen LogP contribution in [-0.2, 0) is 10.3 Å². The molecule has 1 aliphatic heterocycles. The number of anilines is 1. The lowest BCUT2D eigenvalue weighted by atomic mass is 9.76. The molecule has 1 fully saturated rings. The fourth-order valence-corrected chi connectivity index (χ4v) is 3.53. The molecule has 8 heteroatoms. The normalized spacial score (nSPS) is 22.7. The molecule has 1 spiro atoms. The predicted octanol–water partition coefficient (Wildman–Crippen LogP) is 2.95. The average molecular weight is 372 g/mol. The number of carbonyl (C=O) groups is 1. The summed E-state index contributed by atoms with van der Waals surface area (Å²) in [6, 6.07) is 6.74. The van der Waals surface area contributed by atoms with Gasteiger partial charge in [-0.05, 0) is 50.1 Å². The smallest absolute Gasteiger partial charge is 0.282 e. The minimum atomic E-state index is -0.881. The zero-order valence-corrected chi connectivity index (χ0v) is 14.6. The van der Waals surface area contributed by atoms with Crippen LogP contribution in [0, 0.1) is 17.0 Å². The van der Waals surface area contributed by atoms with Crippen LogP contribution >= 0.6 is 0 Å². The third-order valence-electron chi connectivity index (χ3n) is 5.43. The number of amidine groups is 1. The number of rotatable bonds is 3. The highest BCUT2D eigenvalue weighted by molar-refractivity contribution is 6.02. The van der Waals surface area contributed by atoms with Gasteiger partial charge in [0.25, 0.3) is 11.9 Å². The number of aliphatic imine (C=N–C) groups is 1. The highest BCUT2D eigenvalue weighted by Crippen LogP contribution is 2.62. The first-order valence-corrected chi connectivity index (χ1v) is 8.54. The Balaban J connectivity index is 1.67. The van der Waals surface area contributed by atoms with Gasteiger partial charge in [0.05, 0.1) is 12.8 Å². The van der Waals surface area contributed by atoms with Crippen LogP contribution in [0.2, 0.25) is 0 Å². The van der Waals surface area contributed by atoms with Crippen molar-refractivity contribution in [3.63, 3.8) is 0 Å². The minimum absolute atomic E-state index is 0.0272. The average Bonchev–Trinajstić information content (AvgIpc) is 3.42. The zero-order chi connectivity index (χ0) is 19.2. The van der Waals surface area contributed by atoms with E-state index in [1.807, 2.05) is 6.92 Å². The second kappa shape index (κ2) is 6.00. The van der Waals surface area contributed by atoms with Crippen LogP contribution in [-0.4, -0.2) is 23.5 Å². The Labute approximate surface area is 154 Å². The molecule has 6 nitrogen and oxygen atoms in total. The van der Waals surface area contributed by atoms with E-state index in [-0.39, 0.29) is 17.1 Å². The molecule has 1 atom stereocenters. The van der Waals surface area contributed by atoms with Crippen molar-refractivity contribution < 1.29 is 18.3 Å². The van der Waals surface area contributed by atoms with Crippen LogP contribution in [0.4, 0.5) is 14.5 Å². The first kappa shape index (κ1) is 17.4. The summed E-state index contributed by atoms with van der Waals surface area (Å²) in [7, 11) is 0. The summed E-state index contributed by atoms with van der Waals surface area (Å²) in [4.78, 5) is 20.5. The molecule has 140 valence electrons. The van der Waals surface area contributed by atoms with Crippen LogP contribution in [0.15, 0.2) is 41.5 Å². The summed E-state index contributed by atoms with van der Waals surface area (Å²) in [6.07, 6.45) is 2.67. The monoisotopic (exact) mass is 372 g/mol. The third-order valence-corrected chi connectivity index (χ3v) is 5.43. The summed E-state index contributed by atoms with van der Waals surface area (Å²) >= 11 is 0. The lowest BCUT2D eigenvalue weighted by Crippen LogP contribution is -2.43. The molecule has 2 aliphatic rings. The Hall–Kier alpha value is -3.03. The number of hydrogen-bond acceptors (Lipinski definition) is 5. The van der Waals surface area contributed by atoms with Gasteiger partial charge in [-0.2, -0.15) is 0 Å². The van der Waals surface area contributed by atoms with E-state index in [4.69, 9.17) is 10.5 Å². The number of hydrogen-bond donors (Lipinski definition) is 2. The van der Waals surface area contributed by atoms with Crippen LogP contribution in [0.3, 0.4) is 0 Å². The predicted molar refractivity (Wildman–Crippen MR) is 95.1 cm³/mol. The number of halogens is 2. The number of pyridine rings is 1. The molecule has 2 heterocycles. The molecule has 27 heavy (non-hydrogen) atoms. The molecular formula is C19H18F2N4O2. The molecule has 1 saturated carbocycles. The van der Waals surface area contributed by atoms with Crippen molar-refractivity contribution >= 4 is 17.6 Å². The first-order valence-electron chi connectivity index (χ1n) is 8.54. The SMILES string of the molecule is C[C@]1(c2cc(NC(=O)c3ccc(F)cn3)ccc2F)N=C(N)OCC12CC2. The molecule has 1 aliphatic carbocycles.